The van der Waals surface area contributed by atoms with Gasteiger partial charge in [-0.1, -0.05) is 12.1 Å². The van der Waals surface area contributed by atoms with Gasteiger partial charge in [0, 0.05) is 44.6 Å². The zero-order chi connectivity index (χ0) is 20.2. The van der Waals surface area contributed by atoms with Crippen LogP contribution in [0.1, 0.15) is 17.3 Å². The number of fused-ring (bicyclic) bond motifs is 1. The number of thiophene rings is 1. The van der Waals surface area contributed by atoms with Crippen LogP contribution in [0.2, 0.25) is 0 Å². The average Bonchev–Trinajstić information content (AvgIpc) is 3.28. The molecule has 3 heterocycles. The first-order chi connectivity index (χ1) is 14.1. The lowest BCUT2D eigenvalue weighted by Crippen LogP contribution is -2.52. The molecule has 1 fully saturated rings. The van der Waals surface area contributed by atoms with Gasteiger partial charge in [-0.15, -0.1) is 0 Å². The second kappa shape index (κ2) is 8.84. The van der Waals surface area contributed by atoms with E-state index in [-0.39, 0.29) is 17.9 Å². The molecule has 1 saturated heterocycles. The summed E-state index contributed by atoms with van der Waals surface area (Å²) < 4.78 is 11.6. The average molecular weight is 416 g/mol. The van der Waals surface area contributed by atoms with Gasteiger partial charge in [-0.2, -0.15) is 11.3 Å². The lowest BCUT2D eigenvalue weighted by molar-refractivity contribution is -0.133. The molecule has 154 valence electrons. The van der Waals surface area contributed by atoms with Crippen molar-refractivity contribution in [3.63, 3.8) is 0 Å². The fourth-order valence-electron chi connectivity index (χ4n) is 3.59. The predicted octanol–water partition coefficient (Wildman–Crippen LogP) is 1.85. The van der Waals surface area contributed by atoms with Gasteiger partial charge in [0.15, 0.2) is 11.5 Å². The molecule has 0 aliphatic carbocycles. The molecule has 0 radical (unpaired) electrons. The summed E-state index contributed by atoms with van der Waals surface area (Å²) >= 11 is 1.54. The molecule has 0 bridgehead atoms. The molecule has 1 aromatic carbocycles. The molecule has 2 aliphatic heterocycles. The number of hydrogen-bond acceptors (Lipinski definition) is 6. The molecular formula is C21H25N3O4S. The summed E-state index contributed by atoms with van der Waals surface area (Å²) in [5.74, 6) is 1.19. The quantitative estimate of drug-likeness (QED) is 0.807. The largest absolute Gasteiger partial charge is 0.482 e. The molecule has 0 saturated carbocycles. The van der Waals surface area contributed by atoms with E-state index in [2.05, 4.69) is 10.2 Å². The molecule has 2 aliphatic rings. The minimum atomic E-state index is -0.662. The third kappa shape index (κ3) is 4.54. The van der Waals surface area contributed by atoms with E-state index in [9.17, 15) is 9.59 Å². The topological polar surface area (TPSA) is 71.1 Å². The third-order valence-electron chi connectivity index (χ3n) is 5.26. The number of benzene rings is 1. The van der Waals surface area contributed by atoms with E-state index >= 15 is 0 Å². The Morgan fingerprint density at radius 1 is 1.10 bits per heavy atom. The summed E-state index contributed by atoms with van der Waals surface area (Å²) in [7, 11) is 0. The zero-order valence-electron chi connectivity index (χ0n) is 16.4. The number of carbonyl (C=O) groups is 2. The highest BCUT2D eigenvalue weighted by Crippen LogP contribution is 2.33. The van der Waals surface area contributed by atoms with E-state index in [1.54, 1.807) is 6.07 Å². The maximum atomic E-state index is 12.5. The molecule has 2 atom stereocenters. The van der Waals surface area contributed by atoms with Gasteiger partial charge in [-0.3, -0.25) is 14.5 Å². The van der Waals surface area contributed by atoms with Gasteiger partial charge in [-0.25, -0.2) is 0 Å². The molecule has 8 heteroatoms. The minimum absolute atomic E-state index is 0.0999. The van der Waals surface area contributed by atoms with Gasteiger partial charge in [-0.05, 0) is 30.5 Å². The zero-order valence-corrected chi connectivity index (χ0v) is 17.2. The number of amides is 2. The summed E-state index contributed by atoms with van der Waals surface area (Å²) in [5.41, 5.74) is 0.765. The fourth-order valence-corrected chi connectivity index (χ4v) is 4.22. The van der Waals surface area contributed by atoms with Crippen LogP contribution in [0.25, 0.3) is 0 Å². The number of piperazine rings is 1. The summed E-state index contributed by atoms with van der Waals surface area (Å²) in [4.78, 5) is 29.1. The van der Waals surface area contributed by atoms with Crippen LogP contribution < -0.4 is 14.8 Å². The highest BCUT2D eigenvalue weighted by Gasteiger charge is 2.34. The Labute approximate surface area is 174 Å². The molecule has 1 aromatic heterocycles. The fraction of sp³-hybridized carbons (Fsp3) is 0.429. The van der Waals surface area contributed by atoms with Gasteiger partial charge in [0.25, 0.3) is 11.8 Å². The van der Waals surface area contributed by atoms with Crippen molar-refractivity contribution in [1.82, 2.24) is 15.1 Å². The van der Waals surface area contributed by atoms with Crippen molar-refractivity contribution in [3.05, 3.63) is 46.7 Å². The van der Waals surface area contributed by atoms with Gasteiger partial charge in [0.1, 0.15) is 6.10 Å². The van der Waals surface area contributed by atoms with Crippen LogP contribution in [0.5, 0.6) is 11.5 Å². The standard InChI is InChI=1S/C21H25N3O4S/c1-15-19(28-18-5-3-2-4-17(18)27-15)20(25)22-7-8-23-9-11-24(12-10-23)21(26)16-6-13-29-14-16/h2-6,13-15,19H,7-12H2,1H3,(H,22,25). The van der Waals surface area contributed by atoms with Crippen molar-refractivity contribution in [2.75, 3.05) is 39.3 Å². The lowest BCUT2D eigenvalue weighted by Gasteiger charge is -2.35. The Morgan fingerprint density at radius 2 is 1.83 bits per heavy atom. The summed E-state index contributed by atoms with van der Waals surface area (Å²) in [6, 6.07) is 9.24. The Kier molecular flexibility index (Phi) is 6.01. The van der Waals surface area contributed by atoms with Crippen molar-refractivity contribution in [2.45, 2.75) is 19.1 Å². The maximum absolute atomic E-state index is 12.5. The van der Waals surface area contributed by atoms with Crippen LogP contribution in [-0.2, 0) is 4.79 Å². The van der Waals surface area contributed by atoms with E-state index in [1.165, 1.54) is 11.3 Å². The molecule has 0 spiro atoms. The van der Waals surface area contributed by atoms with Crippen LogP contribution in [-0.4, -0.2) is 73.1 Å². The number of carbonyl (C=O) groups excluding carboxylic acids is 2. The molecule has 7 nitrogen and oxygen atoms in total. The number of ether oxygens (including phenoxy) is 2. The van der Waals surface area contributed by atoms with E-state index in [0.29, 0.717) is 31.1 Å². The monoisotopic (exact) mass is 415 g/mol. The Balaban J connectivity index is 1.20. The highest BCUT2D eigenvalue weighted by molar-refractivity contribution is 7.08. The summed E-state index contributed by atoms with van der Waals surface area (Å²) in [5, 5.41) is 6.77. The van der Waals surface area contributed by atoms with E-state index in [0.717, 1.165) is 25.2 Å². The third-order valence-corrected chi connectivity index (χ3v) is 5.94. The van der Waals surface area contributed by atoms with Crippen LogP contribution in [0.4, 0.5) is 0 Å². The molecule has 4 rings (SSSR count). The minimum Gasteiger partial charge on any atom is -0.482 e. The molecule has 2 unspecified atom stereocenters. The molecular weight excluding hydrogens is 390 g/mol. The van der Waals surface area contributed by atoms with E-state index in [4.69, 9.17) is 9.47 Å². The van der Waals surface area contributed by atoms with Gasteiger partial charge in [0.05, 0.1) is 5.56 Å². The van der Waals surface area contributed by atoms with Crippen LogP contribution in [0.3, 0.4) is 0 Å². The first-order valence-electron chi connectivity index (χ1n) is 9.85. The molecule has 2 aromatic rings. The predicted molar refractivity (Wildman–Crippen MR) is 111 cm³/mol. The van der Waals surface area contributed by atoms with Gasteiger partial charge >= 0.3 is 0 Å². The lowest BCUT2D eigenvalue weighted by atomic mass is 10.1. The van der Waals surface area contributed by atoms with Crippen LogP contribution >= 0.6 is 11.3 Å². The normalized spacial score (nSPS) is 21.6. The van der Waals surface area contributed by atoms with E-state index < -0.39 is 6.10 Å². The number of nitrogens with one attached hydrogen (secondary N) is 1. The summed E-state index contributed by atoms with van der Waals surface area (Å²) in [6.07, 6.45) is -1.01. The number of rotatable bonds is 5. The molecule has 1 N–H and O–H groups in total. The summed E-state index contributed by atoms with van der Waals surface area (Å²) in [6.45, 7) is 6.13. The van der Waals surface area contributed by atoms with Crippen molar-refractivity contribution in [2.24, 2.45) is 0 Å². The van der Waals surface area contributed by atoms with Crippen molar-refractivity contribution < 1.29 is 19.1 Å². The van der Waals surface area contributed by atoms with Crippen molar-refractivity contribution in [3.8, 4) is 11.5 Å². The number of hydrogen-bond donors (Lipinski definition) is 1. The molecule has 29 heavy (non-hydrogen) atoms. The van der Waals surface area contributed by atoms with E-state index in [1.807, 2.05) is 46.8 Å². The number of para-hydroxylation sites is 2. The first-order valence-corrected chi connectivity index (χ1v) is 10.8. The Bertz CT molecular complexity index is 849. The van der Waals surface area contributed by atoms with Crippen LogP contribution in [0, 0.1) is 0 Å². The maximum Gasteiger partial charge on any atom is 0.265 e. The number of nitrogens with zero attached hydrogens (tertiary/aromatic N) is 2. The second-order valence-corrected chi connectivity index (χ2v) is 8.03. The first kappa shape index (κ1) is 19.7. The smallest absolute Gasteiger partial charge is 0.265 e. The Morgan fingerprint density at radius 3 is 2.52 bits per heavy atom. The van der Waals surface area contributed by atoms with Gasteiger partial charge < -0.3 is 19.7 Å². The Hall–Kier alpha value is -2.58. The van der Waals surface area contributed by atoms with Crippen molar-refractivity contribution in [1.29, 1.82) is 0 Å². The highest BCUT2D eigenvalue weighted by atomic mass is 32.1. The molecule has 2 amide bonds. The van der Waals surface area contributed by atoms with Gasteiger partial charge in [0.2, 0.25) is 6.10 Å². The van der Waals surface area contributed by atoms with Crippen LogP contribution in [0.15, 0.2) is 41.1 Å². The van der Waals surface area contributed by atoms with Crippen molar-refractivity contribution >= 4 is 23.2 Å². The SMILES string of the molecule is CC1Oc2ccccc2OC1C(=O)NCCN1CCN(C(=O)c2ccsc2)CC1. The second-order valence-electron chi connectivity index (χ2n) is 7.25.